The van der Waals surface area contributed by atoms with Crippen molar-refractivity contribution in [3.8, 4) is 11.4 Å². The minimum atomic E-state index is -0.644. The monoisotopic (exact) mass is 334 g/mol. The maximum atomic E-state index is 12.1. The molecular formula is C18H14N4O3. The number of carbonyl (C=O) groups excluding carboxylic acids is 1. The normalized spacial score (nSPS) is 10.9. The van der Waals surface area contributed by atoms with Gasteiger partial charge in [-0.2, -0.15) is 0 Å². The van der Waals surface area contributed by atoms with E-state index in [1.54, 1.807) is 12.4 Å². The number of rotatable bonds is 4. The zero-order valence-electron chi connectivity index (χ0n) is 13.3. The van der Waals surface area contributed by atoms with Gasteiger partial charge in [-0.25, -0.2) is 14.8 Å². The highest BCUT2D eigenvalue weighted by Crippen LogP contribution is 2.13. The Morgan fingerprint density at radius 3 is 2.48 bits per heavy atom. The Kier molecular flexibility index (Phi) is 4.47. The Bertz CT molecular complexity index is 1050. The van der Waals surface area contributed by atoms with Crippen molar-refractivity contribution < 1.29 is 4.79 Å². The van der Waals surface area contributed by atoms with Crippen LogP contribution in [0.2, 0.25) is 0 Å². The summed E-state index contributed by atoms with van der Waals surface area (Å²) < 4.78 is 0.846. The van der Waals surface area contributed by atoms with E-state index in [1.165, 1.54) is 19.2 Å². The van der Waals surface area contributed by atoms with Gasteiger partial charge in [0, 0.05) is 36.8 Å². The molecule has 0 saturated heterocycles. The van der Waals surface area contributed by atoms with Gasteiger partial charge in [0.15, 0.2) is 11.6 Å². The molecule has 0 bridgehead atoms. The quantitative estimate of drug-likeness (QED) is 0.575. The molecule has 124 valence electrons. The van der Waals surface area contributed by atoms with Crippen LogP contribution in [0.4, 0.5) is 0 Å². The van der Waals surface area contributed by atoms with E-state index in [1.807, 2.05) is 30.3 Å². The van der Waals surface area contributed by atoms with E-state index in [-0.39, 0.29) is 5.56 Å². The van der Waals surface area contributed by atoms with Crippen molar-refractivity contribution in [2.24, 2.45) is 7.05 Å². The largest absolute Gasteiger partial charge is 0.328 e. The van der Waals surface area contributed by atoms with Crippen molar-refractivity contribution in [3.05, 3.63) is 87.0 Å². The van der Waals surface area contributed by atoms with Crippen LogP contribution >= 0.6 is 0 Å². The zero-order chi connectivity index (χ0) is 17.8. The summed E-state index contributed by atoms with van der Waals surface area (Å²) in [6, 6.07) is 9.51. The molecule has 2 heterocycles. The lowest BCUT2D eigenvalue weighted by molar-refractivity contribution is 0.104. The van der Waals surface area contributed by atoms with Gasteiger partial charge in [0.1, 0.15) is 5.56 Å². The summed E-state index contributed by atoms with van der Waals surface area (Å²) in [5.74, 6) is 0.0718. The molecule has 25 heavy (non-hydrogen) atoms. The summed E-state index contributed by atoms with van der Waals surface area (Å²) in [4.78, 5) is 46.2. The molecule has 0 spiro atoms. The predicted molar refractivity (Wildman–Crippen MR) is 93.1 cm³/mol. The lowest BCUT2D eigenvalue weighted by atomic mass is 10.2. The number of aromatic amines is 1. The fourth-order valence-corrected chi connectivity index (χ4v) is 2.16. The van der Waals surface area contributed by atoms with Gasteiger partial charge in [-0.3, -0.25) is 14.2 Å². The van der Waals surface area contributed by atoms with Gasteiger partial charge in [-0.15, -0.1) is 0 Å². The van der Waals surface area contributed by atoms with Gasteiger partial charge < -0.3 is 4.98 Å². The molecule has 2 aromatic heterocycles. The van der Waals surface area contributed by atoms with Crippen LogP contribution in [0, 0.1) is 0 Å². The van der Waals surface area contributed by atoms with E-state index in [0.29, 0.717) is 11.4 Å². The second kappa shape index (κ2) is 6.88. The standard InChI is InChI=1S/C18H14N4O3/c1-22-17(24)14(11-21-18(22)25)15(23)8-7-12-9-19-16(20-10-12)13-5-3-2-4-6-13/h2-11H,1H3,(H,21,25)/b8-7+. The van der Waals surface area contributed by atoms with Crippen LogP contribution in [0.25, 0.3) is 17.5 Å². The van der Waals surface area contributed by atoms with Crippen LogP contribution in [0.1, 0.15) is 15.9 Å². The third-order valence-electron chi connectivity index (χ3n) is 3.58. The molecule has 0 fully saturated rings. The van der Waals surface area contributed by atoms with Gasteiger partial charge in [-0.1, -0.05) is 30.3 Å². The van der Waals surface area contributed by atoms with E-state index in [4.69, 9.17) is 0 Å². The van der Waals surface area contributed by atoms with Crippen molar-refractivity contribution in [2.75, 3.05) is 0 Å². The van der Waals surface area contributed by atoms with E-state index >= 15 is 0 Å². The summed E-state index contributed by atoms with van der Waals surface area (Å²) in [5.41, 5.74) is 0.185. The van der Waals surface area contributed by atoms with Crippen molar-refractivity contribution in [3.63, 3.8) is 0 Å². The van der Waals surface area contributed by atoms with Crippen molar-refractivity contribution in [1.29, 1.82) is 0 Å². The van der Waals surface area contributed by atoms with Crippen LogP contribution in [0.5, 0.6) is 0 Å². The first-order valence-corrected chi connectivity index (χ1v) is 7.45. The number of aromatic nitrogens is 4. The number of H-pyrrole nitrogens is 1. The molecule has 0 saturated carbocycles. The molecule has 0 aliphatic heterocycles. The number of hydrogen-bond donors (Lipinski definition) is 1. The Morgan fingerprint density at radius 1 is 1.12 bits per heavy atom. The maximum Gasteiger partial charge on any atom is 0.328 e. The molecule has 0 amide bonds. The van der Waals surface area contributed by atoms with Crippen molar-refractivity contribution in [2.45, 2.75) is 0 Å². The summed E-state index contributed by atoms with van der Waals surface area (Å²) in [6.07, 6.45) is 7.05. The average molecular weight is 334 g/mol. The fourth-order valence-electron chi connectivity index (χ4n) is 2.16. The Morgan fingerprint density at radius 2 is 1.80 bits per heavy atom. The Labute approximate surface area is 142 Å². The predicted octanol–water partition coefficient (Wildman–Crippen LogP) is 1.43. The molecule has 7 nitrogen and oxygen atoms in total. The second-order valence-corrected chi connectivity index (χ2v) is 5.28. The number of carbonyl (C=O) groups is 1. The topological polar surface area (TPSA) is 97.7 Å². The first-order chi connectivity index (χ1) is 12.1. The lowest BCUT2D eigenvalue weighted by Crippen LogP contribution is -2.35. The molecule has 0 aliphatic rings. The van der Waals surface area contributed by atoms with E-state index < -0.39 is 17.0 Å². The summed E-state index contributed by atoms with van der Waals surface area (Å²) in [6.45, 7) is 0. The molecule has 3 rings (SSSR count). The van der Waals surface area contributed by atoms with Crippen molar-refractivity contribution >= 4 is 11.9 Å². The number of hydrogen-bond acceptors (Lipinski definition) is 5. The molecule has 0 radical (unpaired) electrons. The van der Waals surface area contributed by atoms with Crippen molar-refractivity contribution in [1.82, 2.24) is 19.5 Å². The SMILES string of the molecule is Cn1c(=O)[nH]cc(C(=O)/C=C/c2cnc(-c3ccccc3)nc2)c1=O. The van der Waals surface area contributed by atoms with Gasteiger partial charge in [0.25, 0.3) is 5.56 Å². The lowest BCUT2D eigenvalue weighted by Gasteiger charge is -2.00. The molecular weight excluding hydrogens is 320 g/mol. The Balaban J connectivity index is 1.80. The minimum absolute atomic E-state index is 0.111. The highest BCUT2D eigenvalue weighted by Gasteiger charge is 2.10. The number of nitrogens with zero attached hydrogens (tertiary/aromatic N) is 3. The molecule has 1 N–H and O–H groups in total. The van der Waals surface area contributed by atoms with E-state index in [9.17, 15) is 14.4 Å². The molecule has 0 aliphatic carbocycles. The highest BCUT2D eigenvalue weighted by atomic mass is 16.2. The van der Waals surface area contributed by atoms with E-state index in [2.05, 4.69) is 15.0 Å². The van der Waals surface area contributed by atoms with Crippen LogP contribution in [0.15, 0.2) is 64.6 Å². The van der Waals surface area contributed by atoms with Crippen LogP contribution in [-0.2, 0) is 7.05 Å². The van der Waals surface area contributed by atoms with Crippen LogP contribution in [-0.4, -0.2) is 25.3 Å². The molecule has 0 unspecified atom stereocenters. The van der Waals surface area contributed by atoms with Gasteiger partial charge >= 0.3 is 5.69 Å². The average Bonchev–Trinajstić information content (AvgIpc) is 2.65. The summed E-state index contributed by atoms with van der Waals surface area (Å²) >= 11 is 0. The Hall–Kier alpha value is -3.61. The summed E-state index contributed by atoms with van der Waals surface area (Å²) in [5, 5.41) is 0. The number of allylic oxidation sites excluding steroid dienone is 1. The highest BCUT2D eigenvalue weighted by molar-refractivity contribution is 6.06. The third-order valence-corrected chi connectivity index (χ3v) is 3.58. The molecule has 0 atom stereocenters. The number of benzene rings is 1. The van der Waals surface area contributed by atoms with Gasteiger partial charge in [0.05, 0.1) is 0 Å². The first kappa shape index (κ1) is 16.3. The summed E-state index contributed by atoms with van der Waals surface area (Å²) in [7, 11) is 1.30. The number of nitrogens with one attached hydrogen (secondary N) is 1. The molecule has 7 heteroatoms. The second-order valence-electron chi connectivity index (χ2n) is 5.28. The fraction of sp³-hybridized carbons (Fsp3) is 0.0556. The zero-order valence-corrected chi connectivity index (χ0v) is 13.3. The first-order valence-electron chi connectivity index (χ1n) is 7.45. The molecule has 1 aromatic carbocycles. The minimum Gasteiger partial charge on any atom is -0.313 e. The smallest absolute Gasteiger partial charge is 0.313 e. The van der Waals surface area contributed by atoms with Crippen LogP contribution in [0.3, 0.4) is 0 Å². The van der Waals surface area contributed by atoms with Gasteiger partial charge in [-0.05, 0) is 12.2 Å². The third kappa shape index (κ3) is 3.50. The van der Waals surface area contributed by atoms with Crippen LogP contribution < -0.4 is 11.2 Å². The molecule has 3 aromatic rings. The maximum absolute atomic E-state index is 12.1. The number of ketones is 1. The van der Waals surface area contributed by atoms with E-state index in [0.717, 1.165) is 16.3 Å². The van der Waals surface area contributed by atoms with Gasteiger partial charge in [0.2, 0.25) is 0 Å².